The molecule has 1 aliphatic carbocycles. The number of rotatable bonds is 4. The summed E-state index contributed by atoms with van der Waals surface area (Å²) in [6, 6.07) is 2.39. The Morgan fingerprint density at radius 1 is 1.33 bits per heavy atom. The van der Waals surface area contributed by atoms with Crippen LogP contribution in [0.2, 0.25) is 0 Å². The fraction of sp³-hybridized carbons (Fsp3) is 0.455. The van der Waals surface area contributed by atoms with Crippen molar-refractivity contribution in [3.05, 3.63) is 29.8 Å². The lowest BCUT2D eigenvalue weighted by atomic mass is 9.80. The number of hydrogen-bond donors (Lipinski definition) is 1. The average Bonchev–Trinajstić information content (AvgIpc) is 2.27. The van der Waals surface area contributed by atoms with Crippen LogP contribution in [0.3, 0.4) is 0 Å². The molecule has 0 radical (unpaired) electrons. The van der Waals surface area contributed by atoms with Gasteiger partial charge in [0.15, 0.2) is 0 Å². The van der Waals surface area contributed by atoms with Gasteiger partial charge in [0.1, 0.15) is 16.5 Å². The summed E-state index contributed by atoms with van der Waals surface area (Å²) >= 11 is 3.25. The first-order valence-corrected chi connectivity index (χ1v) is 8.04. The summed E-state index contributed by atoms with van der Waals surface area (Å²) in [6.07, 6.45) is 2.29. The number of nitrogens with one attached hydrogen (secondary N) is 1. The quantitative estimate of drug-likeness (QED) is 0.857. The Hall–Kier alpha value is -0.530. The van der Waals surface area contributed by atoms with Crippen LogP contribution >= 0.6 is 15.9 Å². The van der Waals surface area contributed by atoms with Crippen LogP contribution in [0.1, 0.15) is 19.3 Å². The van der Waals surface area contributed by atoms with E-state index in [1.165, 1.54) is 0 Å². The largest absolute Gasteiger partial charge is 0.244 e. The molecule has 0 bridgehead atoms. The lowest BCUT2D eigenvalue weighted by molar-refractivity contribution is 0.255. The molecular weight excluding hydrogens is 328 g/mol. The molecule has 100 valence electrons. The van der Waals surface area contributed by atoms with Crippen molar-refractivity contribution in [2.45, 2.75) is 29.7 Å². The molecule has 7 heteroatoms. The lowest BCUT2D eigenvalue weighted by Crippen LogP contribution is -2.54. The van der Waals surface area contributed by atoms with E-state index in [2.05, 4.69) is 20.7 Å². The zero-order valence-corrected chi connectivity index (χ0v) is 11.8. The highest BCUT2D eigenvalue weighted by atomic mass is 79.9. The monoisotopic (exact) mass is 339 g/mol. The molecule has 0 unspecified atom stereocenters. The number of benzene rings is 1. The smallest absolute Gasteiger partial charge is 0.207 e. The summed E-state index contributed by atoms with van der Waals surface area (Å²) in [6.45, 7) is 0. The zero-order valence-electron chi connectivity index (χ0n) is 9.42. The summed E-state index contributed by atoms with van der Waals surface area (Å²) in [4.78, 5) is -0.644. The fourth-order valence-corrected chi connectivity index (χ4v) is 4.32. The van der Waals surface area contributed by atoms with E-state index < -0.39 is 32.1 Å². The van der Waals surface area contributed by atoms with Crippen LogP contribution in [-0.2, 0) is 10.0 Å². The van der Waals surface area contributed by atoms with E-state index in [0.717, 1.165) is 18.6 Å². The molecule has 18 heavy (non-hydrogen) atoms. The van der Waals surface area contributed by atoms with E-state index in [0.29, 0.717) is 24.2 Å². The normalized spacial score (nSPS) is 18.4. The highest BCUT2D eigenvalue weighted by molar-refractivity contribution is 9.09. The Kier molecular flexibility index (Phi) is 3.75. The van der Waals surface area contributed by atoms with E-state index in [1.807, 2.05) is 0 Å². The zero-order chi connectivity index (χ0) is 13.4. The van der Waals surface area contributed by atoms with Gasteiger partial charge in [-0.1, -0.05) is 15.9 Å². The van der Waals surface area contributed by atoms with Crippen LogP contribution < -0.4 is 4.72 Å². The minimum absolute atomic E-state index is 0.455. The van der Waals surface area contributed by atoms with Gasteiger partial charge in [0, 0.05) is 10.9 Å². The molecule has 1 saturated carbocycles. The second kappa shape index (κ2) is 4.86. The number of alkyl halides is 1. The van der Waals surface area contributed by atoms with Crippen molar-refractivity contribution < 1.29 is 17.2 Å². The lowest BCUT2D eigenvalue weighted by Gasteiger charge is -2.40. The first-order chi connectivity index (χ1) is 8.38. The topological polar surface area (TPSA) is 46.2 Å². The minimum Gasteiger partial charge on any atom is -0.207 e. The van der Waals surface area contributed by atoms with Gasteiger partial charge in [0.05, 0.1) is 0 Å². The average molecular weight is 340 g/mol. The SMILES string of the molecule is O=S(=O)(NC1(CBr)CCC1)c1cc(F)ccc1F. The standard InChI is InChI=1S/C11H12BrF2NO2S/c12-7-11(4-1-5-11)15-18(16,17)10-6-8(13)2-3-9(10)14/h2-3,6,15H,1,4-5,7H2. The summed E-state index contributed by atoms with van der Waals surface area (Å²) in [7, 11) is -4.04. The predicted octanol–water partition coefficient (Wildman–Crippen LogP) is 2.56. The van der Waals surface area contributed by atoms with Crippen LogP contribution in [0.4, 0.5) is 8.78 Å². The molecule has 0 aromatic heterocycles. The van der Waals surface area contributed by atoms with Crippen LogP contribution in [0.25, 0.3) is 0 Å². The molecule has 1 fully saturated rings. The first kappa shape index (κ1) is 13.9. The summed E-state index contributed by atoms with van der Waals surface area (Å²) < 4.78 is 53.0. The van der Waals surface area contributed by atoms with E-state index in [4.69, 9.17) is 0 Å². The van der Waals surface area contributed by atoms with Gasteiger partial charge < -0.3 is 0 Å². The molecule has 0 heterocycles. The Bertz CT molecular complexity index is 553. The minimum atomic E-state index is -4.04. The Balaban J connectivity index is 2.33. The third kappa shape index (κ3) is 2.57. The van der Waals surface area contributed by atoms with Gasteiger partial charge in [-0.2, -0.15) is 0 Å². The van der Waals surface area contributed by atoms with Gasteiger partial charge in [0.2, 0.25) is 10.0 Å². The molecule has 1 aromatic carbocycles. The van der Waals surface area contributed by atoms with E-state index >= 15 is 0 Å². The molecule has 0 spiro atoms. The third-order valence-corrected chi connectivity index (χ3v) is 5.77. The van der Waals surface area contributed by atoms with Crippen molar-refractivity contribution in [2.75, 3.05) is 5.33 Å². The predicted molar refractivity (Wildman–Crippen MR) is 67.1 cm³/mol. The van der Waals surface area contributed by atoms with Crippen molar-refractivity contribution in [2.24, 2.45) is 0 Å². The molecule has 0 atom stereocenters. The number of hydrogen-bond acceptors (Lipinski definition) is 2. The van der Waals surface area contributed by atoms with Crippen molar-refractivity contribution in [3.8, 4) is 0 Å². The highest BCUT2D eigenvalue weighted by Crippen LogP contribution is 2.35. The summed E-state index contributed by atoms with van der Waals surface area (Å²) in [5, 5.41) is 0.455. The summed E-state index contributed by atoms with van der Waals surface area (Å²) in [5.41, 5.74) is -0.572. The maximum atomic E-state index is 13.5. The van der Waals surface area contributed by atoms with Gasteiger partial charge in [-0.3, -0.25) is 0 Å². The van der Waals surface area contributed by atoms with Crippen LogP contribution in [-0.4, -0.2) is 19.3 Å². The molecule has 1 aliphatic rings. The highest BCUT2D eigenvalue weighted by Gasteiger charge is 2.40. The van der Waals surface area contributed by atoms with Crippen LogP contribution in [0.15, 0.2) is 23.1 Å². The van der Waals surface area contributed by atoms with Crippen molar-refractivity contribution in [1.29, 1.82) is 0 Å². The van der Waals surface area contributed by atoms with Gasteiger partial charge in [0.25, 0.3) is 0 Å². The Labute approximate surface area is 113 Å². The molecule has 0 saturated heterocycles. The molecule has 0 amide bonds. The first-order valence-electron chi connectivity index (χ1n) is 5.44. The summed E-state index contributed by atoms with van der Waals surface area (Å²) in [5.74, 6) is -1.73. The maximum absolute atomic E-state index is 13.5. The Morgan fingerprint density at radius 2 is 2.00 bits per heavy atom. The molecular formula is C11H12BrF2NO2S. The Morgan fingerprint density at radius 3 is 2.50 bits per heavy atom. The molecule has 3 nitrogen and oxygen atoms in total. The molecule has 1 N–H and O–H groups in total. The third-order valence-electron chi connectivity index (χ3n) is 3.10. The van der Waals surface area contributed by atoms with Gasteiger partial charge in [-0.25, -0.2) is 21.9 Å². The van der Waals surface area contributed by atoms with Gasteiger partial charge in [-0.15, -0.1) is 0 Å². The van der Waals surface area contributed by atoms with Crippen molar-refractivity contribution >= 4 is 26.0 Å². The number of halogens is 3. The van der Waals surface area contributed by atoms with Crippen molar-refractivity contribution in [1.82, 2.24) is 4.72 Å². The second-order valence-electron chi connectivity index (χ2n) is 4.45. The van der Waals surface area contributed by atoms with Gasteiger partial charge >= 0.3 is 0 Å². The fourth-order valence-electron chi connectivity index (χ4n) is 1.89. The van der Waals surface area contributed by atoms with Crippen molar-refractivity contribution in [3.63, 3.8) is 0 Å². The van der Waals surface area contributed by atoms with Crippen LogP contribution in [0, 0.1) is 11.6 Å². The molecule has 2 rings (SSSR count). The number of sulfonamides is 1. The second-order valence-corrected chi connectivity index (χ2v) is 6.66. The molecule has 1 aromatic rings. The van der Waals surface area contributed by atoms with Gasteiger partial charge in [-0.05, 0) is 37.5 Å². The van der Waals surface area contributed by atoms with E-state index in [1.54, 1.807) is 0 Å². The molecule has 0 aliphatic heterocycles. The van der Waals surface area contributed by atoms with Crippen LogP contribution in [0.5, 0.6) is 0 Å². The van der Waals surface area contributed by atoms with E-state index in [9.17, 15) is 17.2 Å². The van der Waals surface area contributed by atoms with E-state index in [-0.39, 0.29) is 0 Å². The maximum Gasteiger partial charge on any atom is 0.244 e.